The van der Waals surface area contributed by atoms with E-state index in [0.717, 1.165) is 4.90 Å². The lowest BCUT2D eigenvalue weighted by molar-refractivity contribution is -0.143. The van der Waals surface area contributed by atoms with Gasteiger partial charge in [0, 0.05) is 7.05 Å². The van der Waals surface area contributed by atoms with Crippen LogP contribution in [0.3, 0.4) is 0 Å². The molecule has 0 unspecified atom stereocenters. The molecule has 32 heavy (non-hydrogen) atoms. The van der Waals surface area contributed by atoms with E-state index in [1.165, 1.54) is 14.0 Å². The van der Waals surface area contributed by atoms with Crippen molar-refractivity contribution in [2.24, 2.45) is 0 Å². The predicted molar refractivity (Wildman–Crippen MR) is 101 cm³/mol. The highest BCUT2D eigenvalue weighted by Crippen LogP contribution is 2.39. The van der Waals surface area contributed by atoms with Gasteiger partial charge in [-0.05, 0) is 36.2 Å². The first-order valence-electron chi connectivity index (χ1n) is 9.45. The molecule has 1 saturated heterocycles. The number of nitrogens with one attached hydrogen (secondary N) is 1. The molecule has 1 aliphatic heterocycles. The summed E-state index contributed by atoms with van der Waals surface area (Å²) in [4.78, 5) is 13.2. The van der Waals surface area contributed by atoms with Crippen molar-refractivity contribution in [3.8, 4) is 0 Å². The first-order chi connectivity index (χ1) is 14.8. The number of hydrogen-bond acceptors (Lipinski definition) is 3. The summed E-state index contributed by atoms with van der Waals surface area (Å²) in [6, 6.07) is 8.84. The van der Waals surface area contributed by atoms with Crippen molar-refractivity contribution in [3.05, 3.63) is 70.8 Å². The second-order valence-electron chi connectivity index (χ2n) is 7.54. The van der Waals surface area contributed by atoms with Gasteiger partial charge in [0.05, 0.1) is 23.8 Å². The number of hydrogen-bond donors (Lipinski definition) is 2. The topological polar surface area (TPSA) is 61.8 Å². The van der Waals surface area contributed by atoms with Gasteiger partial charge in [-0.15, -0.1) is 0 Å². The summed E-state index contributed by atoms with van der Waals surface area (Å²) < 4.78 is 84.6. The van der Waals surface area contributed by atoms with Crippen molar-refractivity contribution in [2.75, 3.05) is 13.7 Å². The molecule has 0 aromatic heterocycles. The van der Waals surface area contributed by atoms with Gasteiger partial charge in [0.2, 0.25) is 0 Å². The molecule has 2 aromatic rings. The zero-order valence-corrected chi connectivity index (χ0v) is 17.0. The Hall–Kier alpha value is -2.79. The molecule has 2 N–H and O–H groups in total. The number of carbonyl (C=O) groups is 1. The molecule has 11 heteroatoms. The van der Waals surface area contributed by atoms with Crippen LogP contribution in [0.4, 0.5) is 31.1 Å². The maximum atomic E-state index is 13.2. The molecule has 0 bridgehead atoms. The van der Waals surface area contributed by atoms with E-state index in [-0.39, 0.29) is 11.6 Å². The third-order valence-corrected chi connectivity index (χ3v) is 5.39. The number of rotatable bonds is 5. The zero-order chi connectivity index (χ0) is 23.9. The van der Waals surface area contributed by atoms with E-state index in [0.29, 0.717) is 17.7 Å². The van der Waals surface area contributed by atoms with Crippen molar-refractivity contribution in [1.29, 1.82) is 0 Å². The number of carbonyl (C=O) groups excluding carboxylic acids is 1. The standard InChI is InChI=1S/C21H20F6N2O3/c1-12(13-8-15(20(22,23)24)10-16(9-13)21(25,26)27)32-11-19(14-6-4-3-5-7-14)17(30)29(2)18(31)28-19/h3-10,12,17,30H,11H2,1-2H3,(H,28,31)/t12-,17-,19-/m1/s1. The average Bonchev–Trinajstić information content (AvgIpc) is 2.95. The summed E-state index contributed by atoms with van der Waals surface area (Å²) in [5, 5.41) is 13.3. The Kier molecular flexibility index (Phi) is 6.18. The fraction of sp³-hybridized carbons (Fsp3) is 0.381. The molecule has 2 aromatic carbocycles. The van der Waals surface area contributed by atoms with Crippen LogP contribution < -0.4 is 5.32 Å². The molecule has 1 aliphatic rings. The van der Waals surface area contributed by atoms with Gasteiger partial charge < -0.3 is 15.2 Å². The summed E-state index contributed by atoms with van der Waals surface area (Å²) in [5.74, 6) is 0. The zero-order valence-electron chi connectivity index (χ0n) is 17.0. The maximum absolute atomic E-state index is 13.2. The van der Waals surface area contributed by atoms with Gasteiger partial charge in [0.25, 0.3) is 0 Å². The van der Waals surface area contributed by atoms with E-state index in [9.17, 15) is 36.2 Å². The quantitative estimate of drug-likeness (QED) is 0.635. The van der Waals surface area contributed by atoms with Crippen LogP contribution >= 0.6 is 0 Å². The van der Waals surface area contributed by atoms with Crippen LogP contribution in [0.25, 0.3) is 0 Å². The number of urea groups is 1. The van der Waals surface area contributed by atoms with E-state index in [2.05, 4.69) is 5.32 Å². The highest BCUT2D eigenvalue weighted by molar-refractivity contribution is 5.78. The second kappa shape index (κ2) is 8.28. The van der Waals surface area contributed by atoms with Crippen molar-refractivity contribution in [3.63, 3.8) is 0 Å². The molecule has 5 nitrogen and oxygen atoms in total. The largest absolute Gasteiger partial charge is 0.416 e. The third-order valence-electron chi connectivity index (χ3n) is 5.39. The van der Waals surface area contributed by atoms with E-state index < -0.39 is 54.0 Å². The molecule has 2 amide bonds. The lowest BCUT2D eigenvalue weighted by Crippen LogP contribution is -2.50. The minimum absolute atomic E-state index is 0.0393. The number of halogens is 6. The molecule has 0 spiro atoms. The second-order valence-corrected chi connectivity index (χ2v) is 7.54. The Labute approximate surface area is 179 Å². The van der Waals surface area contributed by atoms with Gasteiger partial charge >= 0.3 is 18.4 Å². The number of alkyl halides is 6. The van der Waals surface area contributed by atoms with E-state index >= 15 is 0 Å². The molecule has 0 saturated carbocycles. The summed E-state index contributed by atoms with van der Waals surface area (Å²) in [6.07, 6.45) is -12.6. The van der Waals surface area contributed by atoms with Gasteiger partial charge in [-0.25, -0.2) is 4.79 Å². The van der Waals surface area contributed by atoms with Gasteiger partial charge in [0.15, 0.2) is 6.23 Å². The number of ether oxygens (including phenoxy) is 1. The fourth-order valence-electron chi connectivity index (χ4n) is 3.50. The van der Waals surface area contributed by atoms with Gasteiger partial charge in [0.1, 0.15) is 5.54 Å². The molecule has 0 aliphatic carbocycles. The molecule has 1 heterocycles. The van der Waals surface area contributed by atoms with Crippen molar-refractivity contribution < 1.29 is 41.0 Å². The Morgan fingerprint density at radius 1 is 1.06 bits per heavy atom. The normalized spacial score (nSPS) is 22.7. The molecule has 174 valence electrons. The summed E-state index contributed by atoms with van der Waals surface area (Å²) in [6.45, 7) is 0.883. The molecule has 3 rings (SSSR count). The maximum Gasteiger partial charge on any atom is 0.416 e. The average molecular weight is 462 g/mol. The first kappa shape index (κ1) is 23.9. The minimum Gasteiger partial charge on any atom is -0.371 e. The number of benzene rings is 2. The van der Waals surface area contributed by atoms with Crippen LogP contribution in [-0.4, -0.2) is 35.9 Å². The number of nitrogens with zero attached hydrogens (tertiary/aromatic N) is 1. The summed E-state index contributed by atoms with van der Waals surface area (Å²) >= 11 is 0. The fourth-order valence-corrected chi connectivity index (χ4v) is 3.50. The highest BCUT2D eigenvalue weighted by Gasteiger charge is 2.51. The van der Waals surface area contributed by atoms with Crippen LogP contribution in [0.1, 0.15) is 35.3 Å². The molecular formula is C21H20F6N2O3. The monoisotopic (exact) mass is 462 g/mol. The number of likely N-dealkylation sites (N-methyl/N-ethyl adjacent to an activating group) is 1. The van der Waals surface area contributed by atoms with Crippen molar-refractivity contribution in [1.82, 2.24) is 10.2 Å². The van der Waals surface area contributed by atoms with Crippen LogP contribution in [0, 0.1) is 0 Å². The SMILES string of the molecule is C[C@@H](OC[C@]1(c2ccccc2)NC(=O)N(C)[C@@H]1O)c1cc(C(F)(F)F)cc(C(F)(F)F)c1. The van der Waals surface area contributed by atoms with Crippen LogP contribution in [0.2, 0.25) is 0 Å². The molecule has 1 fully saturated rings. The predicted octanol–water partition coefficient (Wildman–Crippen LogP) is 4.67. The van der Waals surface area contributed by atoms with Crippen LogP contribution in [0.15, 0.2) is 48.5 Å². The smallest absolute Gasteiger partial charge is 0.371 e. The minimum atomic E-state index is -4.99. The highest BCUT2D eigenvalue weighted by atomic mass is 19.4. The summed E-state index contributed by atoms with van der Waals surface area (Å²) in [5.41, 5.74) is -4.27. The van der Waals surface area contributed by atoms with Crippen LogP contribution in [-0.2, 0) is 22.6 Å². The van der Waals surface area contributed by atoms with E-state index in [1.54, 1.807) is 30.3 Å². The first-order valence-corrected chi connectivity index (χ1v) is 9.45. The Morgan fingerprint density at radius 3 is 2.03 bits per heavy atom. The number of amides is 2. The molecule has 0 radical (unpaired) electrons. The third kappa shape index (κ3) is 4.53. The van der Waals surface area contributed by atoms with E-state index in [1.807, 2.05) is 0 Å². The lowest BCUT2D eigenvalue weighted by Gasteiger charge is -2.34. The lowest BCUT2D eigenvalue weighted by atomic mass is 9.89. The number of aliphatic hydroxyl groups is 1. The van der Waals surface area contributed by atoms with Crippen LogP contribution in [0.5, 0.6) is 0 Å². The number of aliphatic hydroxyl groups excluding tert-OH is 1. The molecular weight excluding hydrogens is 442 g/mol. The van der Waals surface area contributed by atoms with Crippen molar-refractivity contribution >= 4 is 6.03 Å². The van der Waals surface area contributed by atoms with E-state index in [4.69, 9.17) is 4.74 Å². The Morgan fingerprint density at radius 2 is 1.59 bits per heavy atom. The Balaban J connectivity index is 1.94. The van der Waals surface area contributed by atoms with Gasteiger partial charge in [-0.3, -0.25) is 4.90 Å². The molecule has 3 atom stereocenters. The Bertz CT molecular complexity index is 947. The van der Waals surface area contributed by atoms with Gasteiger partial charge in [-0.1, -0.05) is 30.3 Å². The van der Waals surface area contributed by atoms with Gasteiger partial charge in [-0.2, -0.15) is 26.3 Å². The van der Waals surface area contributed by atoms with Crippen molar-refractivity contribution in [2.45, 2.75) is 37.1 Å². The summed E-state index contributed by atoms with van der Waals surface area (Å²) in [7, 11) is 1.34.